The van der Waals surface area contributed by atoms with E-state index in [4.69, 9.17) is 9.47 Å². The van der Waals surface area contributed by atoms with Gasteiger partial charge in [0, 0.05) is 58.9 Å². The van der Waals surface area contributed by atoms with Gasteiger partial charge in [-0.15, -0.1) is 0 Å². The summed E-state index contributed by atoms with van der Waals surface area (Å²) in [5.74, 6) is 0.796. The highest BCUT2D eigenvalue weighted by Crippen LogP contribution is 2.27. The highest BCUT2D eigenvalue weighted by atomic mass is 32.2. The number of piperazine rings is 1. The van der Waals surface area contributed by atoms with Gasteiger partial charge in [0.15, 0.2) is 0 Å². The molecular formula is C27H46N4O4S. The lowest BCUT2D eigenvalue weighted by Gasteiger charge is -2.43. The molecule has 1 unspecified atom stereocenters. The number of aryl methyl sites for hydroxylation is 2. The normalized spacial score (nSPS) is 22.5. The van der Waals surface area contributed by atoms with Gasteiger partial charge < -0.3 is 19.3 Å². The van der Waals surface area contributed by atoms with Crippen molar-refractivity contribution in [3.8, 4) is 5.75 Å². The number of hydrogen-bond donors (Lipinski definition) is 0. The van der Waals surface area contributed by atoms with Gasteiger partial charge in [-0.3, -0.25) is 9.69 Å². The molecule has 1 saturated carbocycles. The van der Waals surface area contributed by atoms with Crippen molar-refractivity contribution in [1.82, 2.24) is 19.0 Å². The van der Waals surface area contributed by atoms with Gasteiger partial charge in [0.1, 0.15) is 23.3 Å². The average molecular weight is 523 g/mol. The van der Waals surface area contributed by atoms with E-state index in [1.807, 2.05) is 45.0 Å². The number of hydrogen-bond acceptors (Lipinski definition) is 6. The molecule has 2 fully saturated rings. The van der Waals surface area contributed by atoms with Crippen molar-refractivity contribution in [1.29, 1.82) is 0 Å². The summed E-state index contributed by atoms with van der Waals surface area (Å²) in [6.07, 6.45) is 4.52. The molecule has 0 aromatic heterocycles. The third-order valence-electron chi connectivity index (χ3n) is 7.83. The molecule has 0 N–H and O–H groups in total. The van der Waals surface area contributed by atoms with E-state index in [2.05, 4.69) is 16.7 Å². The number of benzene rings is 1. The first-order chi connectivity index (χ1) is 17.2. The molecule has 1 aromatic rings. The van der Waals surface area contributed by atoms with E-state index in [0.29, 0.717) is 19.2 Å². The molecule has 204 valence electrons. The van der Waals surface area contributed by atoms with Crippen molar-refractivity contribution >= 4 is 16.9 Å². The first kappa shape index (κ1) is 29.0. The summed E-state index contributed by atoms with van der Waals surface area (Å²) in [7, 11) is 4.07. The predicted octanol–water partition coefficient (Wildman–Crippen LogP) is 2.69. The second-order valence-electron chi connectivity index (χ2n) is 10.2. The van der Waals surface area contributed by atoms with Crippen molar-refractivity contribution in [2.24, 2.45) is 0 Å². The largest absolute Gasteiger partial charge is 0.497 e. The summed E-state index contributed by atoms with van der Waals surface area (Å²) in [4.78, 5) is 20.7. The Balaban J connectivity index is 1.41. The number of rotatable bonds is 11. The quantitative estimate of drug-likeness (QED) is 0.417. The standard InChI is InChI=1S/C27H46N4O4S/c1-7-30-11-13-31(14-12-30)24-10-8-9-23(19-24)29(5)26(32)20-35-16-15-28(4)36(33)27-21(2)17-25(34-6)18-22(27)3/h17-18,23-24H,7-16,19-20H2,1-6H3/t23-,24+,36?/m1/s1. The van der Waals surface area contributed by atoms with Crippen LogP contribution in [0.4, 0.5) is 0 Å². The van der Waals surface area contributed by atoms with Crippen molar-refractivity contribution in [2.75, 3.05) is 73.7 Å². The molecule has 0 bridgehead atoms. The minimum Gasteiger partial charge on any atom is -0.497 e. The molecule has 8 nitrogen and oxygen atoms in total. The van der Waals surface area contributed by atoms with Gasteiger partial charge in [0.2, 0.25) is 5.91 Å². The predicted molar refractivity (Wildman–Crippen MR) is 145 cm³/mol. The maximum atomic E-state index is 13.1. The molecule has 1 aliphatic heterocycles. The monoisotopic (exact) mass is 522 g/mol. The first-order valence-corrected chi connectivity index (χ1v) is 14.4. The minimum absolute atomic E-state index is 0.0297. The fraction of sp³-hybridized carbons (Fsp3) is 0.741. The molecule has 9 heteroatoms. The minimum atomic E-state index is -1.30. The summed E-state index contributed by atoms with van der Waals surface area (Å²) < 4.78 is 25.9. The van der Waals surface area contributed by atoms with Crippen LogP contribution in [-0.2, 0) is 20.5 Å². The molecule has 0 spiro atoms. The molecule has 1 heterocycles. The van der Waals surface area contributed by atoms with E-state index < -0.39 is 11.0 Å². The molecule has 36 heavy (non-hydrogen) atoms. The fourth-order valence-corrected chi connectivity index (χ4v) is 6.69. The number of carbonyl (C=O) groups is 1. The molecule has 3 atom stereocenters. The van der Waals surface area contributed by atoms with Gasteiger partial charge in [-0.25, -0.2) is 8.51 Å². The summed E-state index contributed by atoms with van der Waals surface area (Å²) in [5.41, 5.74) is 1.88. The lowest BCUT2D eigenvalue weighted by atomic mass is 9.88. The van der Waals surface area contributed by atoms with Gasteiger partial charge in [0.25, 0.3) is 0 Å². The van der Waals surface area contributed by atoms with Gasteiger partial charge in [-0.1, -0.05) is 6.92 Å². The highest BCUT2D eigenvalue weighted by molar-refractivity contribution is 7.82. The maximum Gasteiger partial charge on any atom is 0.248 e. The molecule has 1 amide bonds. The lowest BCUT2D eigenvalue weighted by Crippen LogP contribution is -2.53. The van der Waals surface area contributed by atoms with E-state index in [-0.39, 0.29) is 18.6 Å². The van der Waals surface area contributed by atoms with Crippen LogP contribution in [0.5, 0.6) is 5.75 Å². The molecule has 1 aromatic carbocycles. The second-order valence-corrected chi connectivity index (χ2v) is 11.7. The molecule has 1 aliphatic carbocycles. The van der Waals surface area contributed by atoms with E-state index >= 15 is 0 Å². The van der Waals surface area contributed by atoms with Gasteiger partial charge in [-0.05, 0) is 69.3 Å². The molecule has 1 saturated heterocycles. The van der Waals surface area contributed by atoms with Crippen LogP contribution < -0.4 is 4.74 Å². The Bertz CT molecular complexity index is 868. The number of methoxy groups -OCH3 is 1. The smallest absolute Gasteiger partial charge is 0.248 e. The molecular weight excluding hydrogens is 476 g/mol. The third kappa shape index (κ3) is 7.51. The van der Waals surface area contributed by atoms with Crippen molar-refractivity contribution in [2.45, 2.75) is 63.4 Å². The van der Waals surface area contributed by atoms with Gasteiger partial charge >= 0.3 is 0 Å². The van der Waals surface area contributed by atoms with E-state index in [1.54, 1.807) is 11.4 Å². The Kier molecular flexibility index (Phi) is 11.2. The van der Waals surface area contributed by atoms with Crippen molar-refractivity contribution in [3.05, 3.63) is 23.3 Å². The van der Waals surface area contributed by atoms with E-state index in [1.165, 1.54) is 12.8 Å². The zero-order chi connectivity index (χ0) is 26.2. The van der Waals surface area contributed by atoms with Crippen LogP contribution in [0.2, 0.25) is 0 Å². The number of amides is 1. The Morgan fingerprint density at radius 1 is 1.11 bits per heavy atom. The van der Waals surface area contributed by atoms with Crippen LogP contribution in [0.3, 0.4) is 0 Å². The molecule has 3 rings (SSSR count). The zero-order valence-electron chi connectivity index (χ0n) is 23.1. The Labute approximate surface area is 220 Å². The van der Waals surface area contributed by atoms with Crippen LogP contribution >= 0.6 is 0 Å². The number of carbonyl (C=O) groups excluding carboxylic acids is 1. The Morgan fingerprint density at radius 2 is 1.78 bits per heavy atom. The molecule has 0 radical (unpaired) electrons. The van der Waals surface area contributed by atoms with Crippen molar-refractivity contribution < 1.29 is 18.5 Å². The van der Waals surface area contributed by atoms with Gasteiger partial charge in [0.05, 0.1) is 18.6 Å². The molecule has 2 aliphatic rings. The lowest BCUT2D eigenvalue weighted by molar-refractivity contribution is -0.138. The number of nitrogens with zero attached hydrogens (tertiary/aromatic N) is 4. The van der Waals surface area contributed by atoms with Crippen LogP contribution in [0.25, 0.3) is 0 Å². The second kappa shape index (κ2) is 13.9. The third-order valence-corrected chi connectivity index (χ3v) is 9.58. The van der Waals surface area contributed by atoms with Gasteiger partial charge in [-0.2, -0.15) is 0 Å². The Morgan fingerprint density at radius 3 is 2.39 bits per heavy atom. The van der Waals surface area contributed by atoms with E-state index in [9.17, 15) is 9.00 Å². The summed E-state index contributed by atoms with van der Waals surface area (Å²) in [6.45, 7) is 12.7. The maximum absolute atomic E-state index is 13.1. The summed E-state index contributed by atoms with van der Waals surface area (Å²) in [5, 5.41) is 0. The van der Waals surface area contributed by atoms with Crippen LogP contribution in [0.15, 0.2) is 17.0 Å². The number of ether oxygens (including phenoxy) is 2. The zero-order valence-corrected chi connectivity index (χ0v) is 23.9. The number of likely N-dealkylation sites (N-methyl/N-ethyl adjacent to an activating group) is 3. The van der Waals surface area contributed by atoms with Crippen molar-refractivity contribution in [3.63, 3.8) is 0 Å². The first-order valence-electron chi connectivity index (χ1n) is 13.3. The SMILES string of the molecule is CCN1CCN([C@H]2CCC[C@@H](N(C)C(=O)COCCN(C)S(=O)c3c(C)cc(OC)cc3C)C2)CC1. The van der Waals surface area contributed by atoms with Crippen LogP contribution in [0.1, 0.15) is 43.7 Å². The van der Waals surface area contributed by atoms with E-state index in [0.717, 1.165) is 67.3 Å². The Hall–Kier alpha value is -1.52. The summed E-state index contributed by atoms with van der Waals surface area (Å²) >= 11 is 0. The topological polar surface area (TPSA) is 65.6 Å². The highest BCUT2D eigenvalue weighted by Gasteiger charge is 2.32. The fourth-order valence-electron chi connectivity index (χ4n) is 5.47. The van der Waals surface area contributed by atoms with Crippen LogP contribution in [0, 0.1) is 13.8 Å². The summed E-state index contributed by atoms with van der Waals surface area (Å²) in [6, 6.07) is 4.66. The van der Waals surface area contributed by atoms with Crippen LogP contribution in [-0.4, -0.2) is 115 Å². The average Bonchev–Trinajstić information content (AvgIpc) is 2.89.